The summed E-state index contributed by atoms with van der Waals surface area (Å²) in [6, 6.07) is 14.0. The van der Waals surface area contributed by atoms with Gasteiger partial charge in [-0.05, 0) is 17.7 Å². The van der Waals surface area contributed by atoms with Crippen molar-refractivity contribution in [1.82, 2.24) is 0 Å². The van der Waals surface area contributed by atoms with Crippen LogP contribution < -0.4 is 4.74 Å². The SMILES string of the molecule is COC(=O)c1ccc(N=CC2C(=O)OC(C)(C)OC2=O)cc1OCc1ccccc1. The molecule has 8 heteroatoms. The van der Waals surface area contributed by atoms with Crippen molar-refractivity contribution in [2.45, 2.75) is 26.2 Å². The van der Waals surface area contributed by atoms with Gasteiger partial charge in [-0.1, -0.05) is 30.3 Å². The summed E-state index contributed by atoms with van der Waals surface area (Å²) in [5.74, 6) is -4.37. The third kappa shape index (κ3) is 5.02. The lowest BCUT2D eigenvalue weighted by atomic mass is 10.1. The number of esters is 3. The van der Waals surface area contributed by atoms with Crippen molar-refractivity contribution in [1.29, 1.82) is 0 Å². The maximum absolute atomic E-state index is 12.0. The molecule has 1 aliphatic rings. The van der Waals surface area contributed by atoms with Crippen molar-refractivity contribution in [3.05, 3.63) is 59.7 Å². The normalized spacial score (nSPS) is 16.1. The van der Waals surface area contributed by atoms with Gasteiger partial charge in [0.15, 0.2) is 5.92 Å². The molecule has 3 rings (SSSR count). The standard InChI is InChI=1S/C22H21NO7/c1-22(2)29-20(25)17(21(26)30-22)12-23-15-9-10-16(19(24)27-3)18(11-15)28-13-14-7-5-4-6-8-14/h4-12,17H,13H2,1-3H3. The number of hydrogen-bond donors (Lipinski definition) is 0. The largest absolute Gasteiger partial charge is 0.488 e. The number of carbonyl (C=O) groups is 3. The van der Waals surface area contributed by atoms with Crippen LogP contribution in [0.3, 0.4) is 0 Å². The number of ether oxygens (including phenoxy) is 4. The van der Waals surface area contributed by atoms with Crippen LogP contribution in [0.5, 0.6) is 5.75 Å². The number of rotatable bonds is 6. The third-order valence-corrected chi connectivity index (χ3v) is 4.18. The molecule has 2 aromatic rings. The fourth-order valence-corrected chi connectivity index (χ4v) is 2.74. The van der Waals surface area contributed by atoms with E-state index in [1.807, 2.05) is 30.3 Å². The molecule has 156 valence electrons. The predicted octanol–water partition coefficient (Wildman–Crippen LogP) is 3.21. The Morgan fingerprint density at radius 2 is 1.77 bits per heavy atom. The van der Waals surface area contributed by atoms with E-state index in [-0.39, 0.29) is 17.9 Å². The van der Waals surface area contributed by atoms with Crippen LogP contribution in [-0.2, 0) is 30.4 Å². The first-order valence-electron chi connectivity index (χ1n) is 9.18. The van der Waals surface area contributed by atoms with Gasteiger partial charge in [-0.25, -0.2) is 4.79 Å². The molecule has 0 saturated carbocycles. The zero-order valence-electron chi connectivity index (χ0n) is 16.8. The van der Waals surface area contributed by atoms with Crippen LogP contribution in [0.25, 0.3) is 0 Å². The molecule has 1 heterocycles. The minimum absolute atomic E-state index is 0.227. The Morgan fingerprint density at radius 3 is 2.40 bits per heavy atom. The summed E-state index contributed by atoms with van der Waals surface area (Å²) in [5, 5.41) is 0. The van der Waals surface area contributed by atoms with Crippen LogP contribution in [0.15, 0.2) is 53.5 Å². The van der Waals surface area contributed by atoms with Crippen molar-refractivity contribution in [2.75, 3.05) is 7.11 Å². The maximum atomic E-state index is 12.0. The van der Waals surface area contributed by atoms with Crippen LogP contribution in [0.4, 0.5) is 5.69 Å². The van der Waals surface area contributed by atoms with Crippen molar-refractivity contribution < 1.29 is 33.3 Å². The minimum atomic E-state index is -1.31. The van der Waals surface area contributed by atoms with Crippen molar-refractivity contribution >= 4 is 29.8 Å². The Bertz CT molecular complexity index is 962. The van der Waals surface area contributed by atoms with Gasteiger partial charge in [-0.15, -0.1) is 0 Å². The highest BCUT2D eigenvalue weighted by Crippen LogP contribution is 2.28. The van der Waals surface area contributed by atoms with Crippen LogP contribution in [0.2, 0.25) is 0 Å². The number of hydrogen-bond acceptors (Lipinski definition) is 8. The summed E-state index contributed by atoms with van der Waals surface area (Å²) in [7, 11) is 1.27. The fourth-order valence-electron chi connectivity index (χ4n) is 2.74. The smallest absolute Gasteiger partial charge is 0.341 e. The van der Waals surface area contributed by atoms with E-state index in [4.69, 9.17) is 18.9 Å². The van der Waals surface area contributed by atoms with E-state index < -0.39 is 29.6 Å². The average Bonchev–Trinajstić information content (AvgIpc) is 2.71. The maximum Gasteiger partial charge on any atom is 0.341 e. The second-order valence-electron chi connectivity index (χ2n) is 6.94. The zero-order chi connectivity index (χ0) is 21.7. The van der Waals surface area contributed by atoms with Gasteiger partial charge in [0, 0.05) is 26.1 Å². The zero-order valence-corrected chi connectivity index (χ0v) is 16.8. The van der Waals surface area contributed by atoms with Crippen molar-refractivity contribution in [3.63, 3.8) is 0 Å². The van der Waals surface area contributed by atoms with E-state index in [0.717, 1.165) is 11.8 Å². The lowest BCUT2D eigenvalue weighted by Gasteiger charge is -2.31. The summed E-state index contributed by atoms with van der Waals surface area (Å²) < 4.78 is 20.7. The van der Waals surface area contributed by atoms with Gasteiger partial charge in [0.2, 0.25) is 0 Å². The molecule has 8 nitrogen and oxygen atoms in total. The molecule has 0 N–H and O–H groups in total. The number of aliphatic imine (C=N–C) groups is 1. The molecule has 0 radical (unpaired) electrons. The van der Waals surface area contributed by atoms with E-state index in [1.54, 1.807) is 6.07 Å². The van der Waals surface area contributed by atoms with Crippen LogP contribution in [-0.4, -0.2) is 37.0 Å². The van der Waals surface area contributed by atoms with Crippen LogP contribution >= 0.6 is 0 Å². The highest BCUT2D eigenvalue weighted by Gasteiger charge is 2.42. The van der Waals surface area contributed by atoms with Crippen LogP contribution in [0, 0.1) is 5.92 Å². The van der Waals surface area contributed by atoms with E-state index in [9.17, 15) is 14.4 Å². The van der Waals surface area contributed by atoms with E-state index >= 15 is 0 Å². The van der Waals surface area contributed by atoms with Gasteiger partial charge in [-0.3, -0.25) is 14.6 Å². The molecule has 0 aliphatic carbocycles. The van der Waals surface area contributed by atoms with Crippen molar-refractivity contribution in [3.8, 4) is 5.75 Å². The third-order valence-electron chi connectivity index (χ3n) is 4.18. The number of carbonyl (C=O) groups excluding carboxylic acids is 3. The second-order valence-corrected chi connectivity index (χ2v) is 6.94. The van der Waals surface area contributed by atoms with Gasteiger partial charge in [0.1, 0.15) is 17.9 Å². The van der Waals surface area contributed by atoms with E-state index in [2.05, 4.69) is 4.99 Å². The lowest BCUT2D eigenvalue weighted by Crippen LogP contribution is -2.46. The number of nitrogens with zero attached hydrogens (tertiary/aromatic N) is 1. The first-order chi connectivity index (χ1) is 14.3. The molecule has 0 atom stereocenters. The summed E-state index contributed by atoms with van der Waals surface area (Å²) in [4.78, 5) is 40.3. The first-order valence-corrected chi connectivity index (χ1v) is 9.18. The highest BCUT2D eigenvalue weighted by molar-refractivity contribution is 6.10. The minimum Gasteiger partial charge on any atom is -0.488 e. The average molecular weight is 411 g/mol. The Balaban J connectivity index is 1.81. The van der Waals surface area contributed by atoms with Gasteiger partial charge < -0.3 is 18.9 Å². The number of cyclic esters (lactones) is 2. The monoisotopic (exact) mass is 411 g/mol. The quantitative estimate of drug-likeness (QED) is 0.409. The molecule has 1 fully saturated rings. The van der Waals surface area contributed by atoms with Gasteiger partial charge >= 0.3 is 17.9 Å². The van der Waals surface area contributed by atoms with Gasteiger partial charge in [0.25, 0.3) is 5.79 Å². The first kappa shape index (κ1) is 21.0. The Labute approximate surface area is 173 Å². The lowest BCUT2D eigenvalue weighted by molar-refractivity contribution is -0.235. The molecule has 0 amide bonds. The molecule has 0 spiro atoms. The molecule has 2 aromatic carbocycles. The highest BCUT2D eigenvalue weighted by atomic mass is 16.7. The summed E-state index contributed by atoms with van der Waals surface area (Å²) in [6.07, 6.45) is 1.15. The topological polar surface area (TPSA) is 100 Å². The molecular formula is C22H21NO7. The molecule has 0 bridgehead atoms. The molecule has 1 aliphatic heterocycles. The molecule has 1 saturated heterocycles. The van der Waals surface area contributed by atoms with Gasteiger partial charge in [0.05, 0.1) is 12.8 Å². The Hall–Kier alpha value is -3.68. The van der Waals surface area contributed by atoms with E-state index in [0.29, 0.717) is 5.69 Å². The van der Waals surface area contributed by atoms with E-state index in [1.165, 1.54) is 33.1 Å². The number of methoxy groups -OCH3 is 1. The second kappa shape index (κ2) is 8.77. The summed E-state index contributed by atoms with van der Waals surface area (Å²) in [5.41, 5.74) is 1.51. The Morgan fingerprint density at radius 1 is 1.10 bits per heavy atom. The van der Waals surface area contributed by atoms with Crippen molar-refractivity contribution in [2.24, 2.45) is 10.9 Å². The summed E-state index contributed by atoms with van der Waals surface area (Å²) >= 11 is 0. The van der Waals surface area contributed by atoms with Crippen LogP contribution in [0.1, 0.15) is 29.8 Å². The predicted molar refractivity (Wildman–Crippen MR) is 106 cm³/mol. The molecule has 30 heavy (non-hydrogen) atoms. The Kier molecular flexibility index (Phi) is 6.15. The number of benzene rings is 2. The molecular weight excluding hydrogens is 390 g/mol. The summed E-state index contributed by atoms with van der Waals surface area (Å²) in [6.45, 7) is 3.17. The fraction of sp³-hybridized carbons (Fsp3) is 0.273. The molecule has 0 aromatic heterocycles. The molecule has 0 unspecified atom stereocenters. The van der Waals surface area contributed by atoms with Gasteiger partial charge in [-0.2, -0.15) is 0 Å².